The Kier molecular flexibility index (Phi) is 5.78. The quantitative estimate of drug-likeness (QED) is 0.301. The fourth-order valence-electron chi connectivity index (χ4n) is 4.48. The average Bonchev–Trinajstić information content (AvgIpc) is 3.16. The van der Waals surface area contributed by atoms with Gasteiger partial charge in [-0.25, -0.2) is 13.2 Å². The average molecular weight is 485 g/mol. The number of fused-ring (bicyclic) bond motifs is 3. The van der Waals surface area contributed by atoms with Crippen LogP contribution >= 0.6 is 0 Å². The van der Waals surface area contributed by atoms with Gasteiger partial charge in [0.05, 0.1) is 28.3 Å². The SMILES string of the molecule is CCOC(=O)c1cc2c(c(-c3ccccc3)c1NS(=O)(=O)c1ccccc1)c1ccccc1n2C. The van der Waals surface area contributed by atoms with Crippen LogP contribution in [0.15, 0.2) is 95.9 Å². The van der Waals surface area contributed by atoms with Crippen molar-refractivity contribution in [2.75, 3.05) is 11.3 Å². The van der Waals surface area contributed by atoms with Crippen LogP contribution in [0.2, 0.25) is 0 Å². The molecule has 0 aliphatic heterocycles. The van der Waals surface area contributed by atoms with Crippen LogP contribution in [0, 0.1) is 0 Å². The minimum absolute atomic E-state index is 0.104. The number of hydrogen-bond acceptors (Lipinski definition) is 4. The number of sulfonamides is 1. The fourth-order valence-corrected chi connectivity index (χ4v) is 5.59. The highest BCUT2D eigenvalue weighted by atomic mass is 32.2. The zero-order chi connectivity index (χ0) is 24.6. The second-order valence-electron chi connectivity index (χ2n) is 8.15. The smallest absolute Gasteiger partial charge is 0.340 e. The second-order valence-corrected chi connectivity index (χ2v) is 9.83. The van der Waals surface area contributed by atoms with Gasteiger partial charge in [-0.15, -0.1) is 0 Å². The van der Waals surface area contributed by atoms with Crippen LogP contribution in [0.1, 0.15) is 17.3 Å². The van der Waals surface area contributed by atoms with Crippen molar-refractivity contribution < 1.29 is 17.9 Å². The van der Waals surface area contributed by atoms with Gasteiger partial charge in [-0.3, -0.25) is 4.72 Å². The topological polar surface area (TPSA) is 77.4 Å². The van der Waals surface area contributed by atoms with Gasteiger partial charge in [-0.05, 0) is 36.8 Å². The Balaban J connectivity index is 1.92. The summed E-state index contributed by atoms with van der Waals surface area (Å²) < 4.78 is 37.0. The van der Waals surface area contributed by atoms with Crippen molar-refractivity contribution in [2.24, 2.45) is 7.05 Å². The molecule has 0 bridgehead atoms. The molecule has 6 nitrogen and oxygen atoms in total. The van der Waals surface area contributed by atoms with E-state index in [1.165, 1.54) is 12.1 Å². The van der Waals surface area contributed by atoms with Gasteiger partial charge in [-0.1, -0.05) is 66.7 Å². The van der Waals surface area contributed by atoms with Crippen molar-refractivity contribution in [2.45, 2.75) is 11.8 Å². The summed E-state index contributed by atoms with van der Waals surface area (Å²) in [4.78, 5) is 13.3. The summed E-state index contributed by atoms with van der Waals surface area (Å²) in [7, 11) is -2.06. The molecule has 0 radical (unpaired) electrons. The monoisotopic (exact) mass is 484 g/mol. The number of esters is 1. The number of aromatic nitrogens is 1. The molecule has 1 N–H and O–H groups in total. The summed E-state index contributed by atoms with van der Waals surface area (Å²) in [5.41, 5.74) is 3.53. The highest BCUT2D eigenvalue weighted by molar-refractivity contribution is 7.92. The zero-order valence-electron chi connectivity index (χ0n) is 19.4. The van der Waals surface area contributed by atoms with Gasteiger partial charge in [0.15, 0.2) is 0 Å². The molecule has 0 amide bonds. The van der Waals surface area contributed by atoms with E-state index >= 15 is 0 Å². The minimum Gasteiger partial charge on any atom is -0.462 e. The van der Waals surface area contributed by atoms with E-state index in [0.717, 1.165) is 27.4 Å². The summed E-state index contributed by atoms with van der Waals surface area (Å²) >= 11 is 0. The van der Waals surface area contributed by atoms with E-state index < -0.39 is 16.0 Å². The van der Waals surface area contributed by atoms with Crippen LogP contribution in [-0.2, 0) is 21.8 Å². The maximum absolute atomic E-state index is 13.5. The molecule has 1 heterocycles. The molecule has 7 heteroatoms. The molecule has 0 atom stereocenters. The Bertz CT molecular complexity index is 1660. The van der Waals surface area contributed by atoms with Gasteiger partial charge in [0.1, 0.15) is 0 Å². The predicted molar refractivity (Wildman–Crippen MR) is 139 cm³/mol. The Labute approximate surface area is 203 Å². The Morgan fingerprint density at radius 1 is 0.886 bits per heavy atom. The largest absolute Gasteiger partial charge is 0.462 e. The zero-order valence-corrected chi connectivity index (χ0v) is 20.2. The number of nitrogens with zero attached hydrogens (tertiary/aromatic N) is 1. The summed E-state index contributed by atoms with van der Waals surface area (Å²) in [6.45, 7) is 1.89. The van der Waals surface area contributed by atoms with Crippen LogP contribution in [-0.4, -0.2) is 25.6 Å². The highest BCUT2D eigenvalue weighted by Gasteiger charge is 2.27. The first-order valence-electron chi connectivity index (χ1n) is 11.3. The number of carbonyl (C=O) groups excluding carboxylic acids is 1. The number of nitrogens with one attached hydrogen (secondary N) is 1. The van der Waals surface area contributed by atoms with Crippen LogP contribution in [0.25, 0.3) is 32.9 Å². The van der Waals surface area contributed by atoms with Crippen molar-refractivity contribution >= 4 is 43.5 Å². The third kappa shape index (κ3) is 3.94. The van der Waals surface area contributed by atoms with E-state index in [4.69, 9.17) is 4.74 Å². The van der Waals surface area contributed by atoms with E-state index in [-0.39, 0.29) is 22.8 Å². The number of hydrogen-bond donors (Lipinski definition) is 1. The lowest BCUT2D eigenvalue weighted by Crippen LogP contribution is -2.18. The third-order valence-electron chi connectivity index (χ3n) is 6.05. The maximum Gasteiger partial charge on any atom is 0.340 e. The standard InChI is InChI=1S/C28H24N2O4S/c1-3-34-28(31)22-18-24-26(21-16-10-11-17-23(21)30(24)2)25(19-12-6-4-7-13-19)27(22)29-35(32,33)20-14-8-5-9-15-20/h4-18,29H,3H2,1-2H3. The van der Waals surface area contributed by atoms with Gasteiger partial charge in [0.25, 0.3) is 10.0 Å². The van der Waals surface area contributed by atoms with E-state index in [1.807, 2.05) is 66.2 Å². The first-order valence-corrected chi connectivity index (χ1v) is 12.7. The van der Waals surface area contributed by atoms with Crippen molar-refractivity contribution in [3.8, 4) is 11.1 Å². The van der Waals surface area contributed by atoms with Crippen LogP contribution in [0.3, 0.4) is 0 Å². The normalized spacial score (nSPS) is 11.6. The molecule has 0 aliphatic carbocycles. The summed E-state index contributed by atoms with van der Waals surface area (Å²) in [5.74, 6) is -0.595. The number of rotatable bonds is 6. The van der Waals surface area contributed by atoms with Gasteiger partial charge < -0.3 is 9.30 Å². The molecule has 0 spiro atoms. The molecule has 5 aromatic rings. The van der Waals surface area contributed by atoms with Crippen molar-refractivity contribution in [3.05, 3.63) is 96.6 Å². The van der Waals surface area contributed by atoms with Crippen LogP contribution < -0.4 is 4.72 Å². The highest BCUT2D eigenvalue weighted by Crippen LogP contribution is 2.43. The van der Waals surface area contributed by atoms with Crippen molar-refractivity contribution in [1.82, 2.24) is 4.57 Å². The summed E-state index contributed by atoms with van der Waals surface area (Å²) in [6, 6.07) is 27.2. The number of aryl methyl sites for hydroxylation is 1. The first-order chi connectivity index (χ1) is 16.9. The van der Waals surface area contributed by atoms with Crippen LogP contribution in [0.4, 0.5) is 5.69 Å². The van der Waals surface area contributed by atoms with E-state index in [1.54, 1.807) is 31.2 Å². The minimum atomic E-state index is -3.99. The van der Waals surface area contributed by atoms with Crippen molar-refractivity contribution in [1.29, 1.82) is 0 Å². The number of carbonyl (C=O) groups is 1. The number of benzene rings is 4. The van der Waals surface area contributed by atoms with Crippen LogP contribution in [0.5, 0.6) is 0 Å². The Morgan fingerprint density at radius 3 is 2.20 bits per heavy atom. The molecule has 35 heavy (non-hydrogen) atoms. The fraction of sp³-hybridized carbons (Fsp3) is 0.107. The van der Waals surface area contributed by atoms with Gasteiger partial charge in [0, 0.05) is 28.9 Å². The molecule has 0 aliphatic rings. The van der Waals surface area contributed by atoms with Gasteiger partial charge in [0.2, 0.25) is 0 Å². The third-order valence-corrected chi connectivity index (χ3v) is 7.42. The lowest BCUT2D eigenvalue weighted by Gasteiger charge is -2.19. The number of para-hydroxylation sites is 1. The molecule has 1 aromatic heterocycles. The maximum atomic E-state index is 13.5. The molecule has 0 saturated heterocycles. The van der Waals surface area contributed by atoms with Crippen molar-refractivity contribution in [3.63, 3.8) is 0 Å². The summed E-state index contributed by atoms with van der Waals surface area (Å²) in [6.07, 6.45) is 0. The Morgan fingerprint density at radius 2 is 1.51 bits per heavy atom. The number of ether oxygens (including phenoxy) is 1. The lowest BCUT2D eigenvalue weighted by molar-refractivity contribution is 0.0528. The lowest BCUT2D eigenvalue weighted by atomic mass is 9.94. The summed E-state index contributed by atoms with van der Waals surface area (Å²) in [5, 5.41) is 1.81. The van der Waals surface area contributed by atoms with E-state index in [9.17, 15) is 13.2 Å². The molecule has 5 rings (SSSR count). The molecule has 0 saturated carbocycles. The molecule has 0 fully saturated rings. The molecule has 176 valence electrons. The Hall–Kier alpha value is -4.10. The van der Waals surface area contributed by atoms with E-state index in [0.29, 0.717) is 5.56 Å². The molecule has 0 unspecified atom stereocenters. The molecular formula is C28H24N2O4S. The first kappa shape index (κ1) is 22.7. The van der Waals surface area contributed by atoms with Gasteiger partial charge in [-0.2, -0.15) is 0 Å². The van der Waals surface area contributed by atoms with E-state index in [2.05, 4.69) is 4.72 Å². The molecule has 4 aromatic carbocycles. The number of anilines is 1. The second kappa shape index (κ2) is 8.92. The predicted octanol–water partition coefficient (Wildman–Crippen LogP) is 5.98. The molecular weight excluding hydrogens is 460 g/mol. The van der Waals surface area contributed by atoms with Gasteiger partial charge >= 0.3 is 5.97 Å².